The van der Waals surface area contributed by atoms with Gasteiger partial charge in [-0.15, -0.1) is 0 Å². The molecule has 0 amide bonds. The van der Waals surface area contributed by atoms with E-state index in [1.807, 2.05) is 6.07 Å². The lowest BCUT2D eigenvalue weighted by atomic mass is 10.2. The van der Waals surface area contributed by atoms with Crippen LogP contribution in [0.15, 0.2) is 40.9 Å². The Balaban J connectivity index is 2.32. The SMILES string of the molecule is Fc1cc(-n2c(=S)[nH]c3cc(Cl)ccc32)ccc1Br. The van der Waals surface area contributed by atoms with Gasteiger partial charge < -0.3 is 4.98 Å². The minimum atomic E-state index is -0.331. The predicted molar refractivity (Wildman–Crippen MR) is 81.1 cm³/mol. The van der Waals surface area contributed by atoms with Gasteiger partial charge in [-0.2, -0.15) is 0 Å². The molecule has 0 spiro atoms. The number of fused-ring (bicyclic) bond motifs is 1. The zero-order chi connectivity index (χ0) is 13.6. The summed E-state index contributed by atoms with van der Waals surface area (Å²) in [6, 6.07) is 10.3. The quantitative estimate of drug-likeness (QED) is 0.590. The second-order valence-corrected chi connectivity index (χ2v) is 5.70. The summed E-state index contributed by atoms with van der Waals surface area (Å²) >= 11 is 14.4. The average molecular weight is 358 g/mol. The number of aromatic amines is 1. The maximum absolute atomic E-state index is 13.6. The first-order valence-corrected chi connectivity index (χ1v) is 7.00. The number of halogens is 3. The number of hydrogen-bond donors (Lipinski definition) is 1. The zero-order valence-electron chi connectivity index (χ0n) is 9.45. The van der Waals surface area contributed by atoms with Gasteiger partial charge in [-0.3, -0.25) is 4.57 Å². The van der Waals surface area contributed by atoms with Crippen LogP contribution in [-0.4, -0.2) is 9.55 Å². The summed E-state index contributed by atoms with van der Waals surface area (Å²) in [5.74, 6) is -0.331. The molecule has 0 aliphatic heterocycles. The molecule has 0 atom stereocenters. The smallest absolute Gasteiger partial charge is 0.182 e. The van der Waals surface area contributed by atoms with Gasteiger partial charge in [-0.05, 0) is 64.5 Å². The van der Waals surface area contributed by atoms with Gasteiger partial charge >= 0.3 is 0 Å². The Kier molecular flexibility index (Phi) is 3.20. The third kappa shape index (κ3) is 2.22. The fourth-order valence-corrected chi connectivity index (χ4v) is 2.70. The second kappa shape index (κ2) is 4.74. The van der Waals surface area contributed by atoms with E-state index in [0.717, 1.165) is 11.0 Å². The highest BCUT2D eigenvalue weighted by Crippen LogP contribution is 2.25. The van der Waals surface area contributed by atoms with E-state index in [1.54, 1.807) is 28.8 Å². The van der Waals surface area contributed by atoms with Crippen LogP contribution in [-0.2, 0) is 0 Å². The molecule has 2 nitrogen and oxygen atoms in total. The zero-order valence-corrected chi connectivity index (χ0v) is 12.6. The molecule has 96 valence electrons. The number of benzene rings is 2. The summed E-state index contributed by atoms with van der Waals surface area (Å²) in [6.45, 7) is 0. The molecule has 0 aliphatic carbocycles. The molecule has 19 heavy (non-hydrogen) atoms. The van der Waals surface area contributed by atoms with Crippen molar-refractivity contribution < 1.29 is 4.39 Å². The van der Waals surface area contributed by atoms with Crippen LogP contribution in [0.3, 0.4) is 0 Å². The average Bonchev–Trinajstić information content (AvgIpc) is 2.68. The van der Waals surface area contributed by atoms with E-state index in [2.05, 4.69) is 20.9 Å². The highest BCUT2D eigenvalue weighted by Gasteiger charge is 2.09. The maximum Gasteiger partial charge on any atom is 0.182 e. The van der Waals surface area contributed by atoms with Crippen LogP contribution in [0.5, 0.6) is 0 Å². The Labute approximate surface area is 127 Å². The molecule has 0 unspecified atom stereocenters. The Morgan fingerprint density at radius 2 is 2.00 bits per heavy atom. The molecule has 0 saturated carbocycles. The van der Waals surface area contributed by atoms with Gasteiger partial charge in [-0.25, -0.2) is 4.39 Å². The van der Waals surface area contributed by atoms with E-state index >= 15 is 0 Å². The van der Waals surface area contributed by atoms with Crippen LogP contribution in [0.2, 0.25) is 5.02 Å². The van der Waals surface area contributed by atoms with Crippen molar-refractivity contribution in [2.45, 2.75) is 0 Å². The summed E-state index contributed by atoms with van der Waals surface area (Å²) < 4.78 is 16.3. The van der Waals surface area contributed by atoms with Gasteiger partial charge in [0.2, 0.25) is 0 Å². The molecular formula is C13H7BrClFN2S. The van der Waals surface area contributed by atoms with Gasteiger partial charge in [0.1, 0.15) is 5.82 Å². The molecule has 0 aliphatic rings. The Hall–Kier alpha value is -1.17. The minimum Gasteiger partial charge on any atom is -0.330 e. The molecule has 3 rings (SSSR count). The lowest BCUT2D eigenvalue weighted by molar-refractivity contribution is 0.620. The van der Waals surface area contributed by atoms with Crippen molar-refractivity contribution in [1.82, 2.24) is 9.55 Å². The molecule has 0 fully saturated rings. The van der Waals surface area contributed by atoms with Crippen LogP contribution < -0.4 is 0 Å². The normalized spacial score (nSPS) is 11.1. The summed E-state index contributed by atoms with van der Waals surface area (Å²) in [5, 5.41) is 0.623. The van der Waals surface area contributed by atoms with Gasteiger partial charge in [-0.1, -0.05) is 11.6 Å². The molecule has 0 bridgehead atoms. The Bertz CT molecular complexity index is 840. The van der Waals surface area contributed by atoms with Gasteiger partial charge in [0.25, 0.3) is 0 Å². The molecule has 3 aromatic rings. The first kappa shape index (κ1) is 12.8. The van der Waals surface area contributed by atoms with Crippen LogP contribution in [0.4, 0.5) is 4.39 Å². The third-order valence-electron chi connectivity index (χ3n) is 2.81. The van der Waals surface area contributed by atoms with E-state index in [4.69, 9.17) is 23.8 Å². The summed E-state index contributed by atoms with van der Waals surface area (Å²) in [4.78, 5) is 3.06. The van der Waals surface area contributed by atoms with Crippen molar-refractivity contribution in [3.8, 4) is 5.69 Å². The van der Waals surface area contributed by atoms with Crippen LogP contribution in [0, 0.1) is 10.6 Å². The number of H-pyrrole nitrogens is 1. The fraction of sp³-hybridized carbons (Fsp3) is 0. The lowest BCUT2D eigenvalue weighted by Gasteiger charge is -2.05. The van der Waals surface area contributed by atoms with Gasteiger partial charge in [0.05, 0.1) is 21.2 Å². The summed E-state index contributed by atoms with van der Waals surface area (Å²) in [6.07, 6.45) is 0. The van der Waals surface area contributed by atoms with E-state index in [1.165, 1.54) is 6.07 Å². The van der Waals surface area contributed by atoms with Crippen molar-refractivity contribution in [3.63, 3.8) is 0 Å². The maximum atomic E-state index is 13.6. The van der Waals surface area contributed by atoms with Gasteiger partial charge in [0.15, 0.2) is 4.77 Å². The number of aromatic nitrogens is 2. The van der Waals surface area contributed by atoms with Crippen LogP contribution >= 0.6 is 39.7 Å². The number of rotatable bonds is 1. The predicted octanol–water partition coefficient (Wildman–Crippen LogP) is 5.24. The third-order valence-corrected chi connectivity index (χ3v) is 3.97. The van der Waals surface area contributed by atoms with Crippen LogP contribution in [0.25, 0.3) is 16.7 Å². The lowest BCUT2D eigenvalue weighted by Crippen LogP contribution is -1.95. The Morgan fingerprint density at radius 1 is 1.21 bits per heavy atom. The van der Waals surface area contributed by atoms with Crippen LogP contribution in [0.1, 0.15) is 0 Å². The minimum absolute atomic E-state index is 0.331. The molecule has 0 saturated heterocycles. The van der Waals surface area contributed by atoms with E-state index < -0.39 is 0 Å². The monoisotopic (exact) mass is 356 g/mol. The van der Waals surface area contributed by atoms with E-state index in [0.29, 0.717) is 20.0 Å². The first-order valence-electron chi connectivity index (χ1n) is 5.42. The number of nitrogens with zero attached hydrogens (tertiary/aromatic N) is 1. The highest BCUT2D eigenvalue weighted by molar-refractivity contribution is 9.10. The van der Waals surface area contributed by atoms with Gasteiger partial charge in [0, 0.05) is 5.02 Å². The molecule has 0 radical (unpaired) electrons. The van der Waals surface area contributed by atoms with Crippen molar-refractivity contribution in [3.05, 3.63) is 56.5 Å². The highest BCUT2D eigenvalue weighted by atomic mass is 79.9. The summed E-state index contributed by atoms with van der Waals surface area (Å²) in [7, 11) is 0. The standard InChI is InChI=1S/C13H7BrClFN2S/c14-9-3-2-8(6-10(9)16)18-12-4-1-7(15)5-11(12)17-13(18)19/h1-6H,(H,17,19). The number of nitrogens with one attached hydrogen (secondary N) is 1. The van der Waals surface area contributed by atoms with Crippen molar-refractivity contribution in [2.24, 2.45) is 0 Å². The Morgan fingerprint density at radius 3 is 2.74 bits per heavy atom. The first-order chi connectivity index (χ1) is 9.06. The largest absolute Gasteiger partial charge is 0.330 e. The van der Waals surface area contributed by atoms with E-state index in [-0.39, 0.29) is 5.82 Å². The molecule has 2 aromatic carbocycles. The van der Waals surface area contributed by atoms with Crippen molar-refractivity contribution >= 4 is 50.8 Å². The topological polar surface area (TPSA) is 20.7 Å². The van der Waals surface area contributed by atoms with Crippen molar-refractivity contribution in [1.29, 1.82) is 0 Å². The number of imidazole rings is 1. The van der Waals surface area contributed by atoms with Crippen molar-refractivity contribution in [2.75, 3.05) is 0 Å². The molecular weight excluding hydrogens is 351 g/mol. The molecule has 1 heterocycles. The molecule has 6 heteroatoms. The second-order valence-electron chi connectivity index (χ2n) is 4.03. The molecule has 1 aromatic heterocycles. The fourth-order valence-electron chi connectivity index (χ4n) is 1.96. The molecule has 1 N–H and O–H groups in total. The van der Waals surface area contributed by atoms with E-state index in [9.17, 15) is 4.39 Å². The summed E-state index contributed by atoms with van der Waals surface area (Å²) in [5.41, 5.74) is 2.34. The number of hydrogen-bond acceptors (Lipinski definition) is 1.